The molecule has 0 bridgehead atoms. The van der Waals surface area contributed by atoms with Gasteiger partial charge in [0.05, 0.1) is 7.11 Å². The monoisotopic (exact) mass is 518 g/mol. The van der Waals surface area contributed by atoms with Gasteiger partial charge in [0.1, 0.15) is 12.7 Å². The maximum Gasteiger partial charge on any atom is 0.303 e. The van der Waals surface area contributed by atoms with E-state index in [0.29, 0.717) is 11.5 Å². The molecule has 0 fully saturated rings. The average Bonchev–Trinajstić information content (AvgIpc) is 2.76. The fraction of sp³-hybridized carbons (Fsp3) is 0.208. The smallest absolute Gasteiger partial charge is 0.303 e. The molecule has 0 saturated heterocycles. The largest absolute Gasteiger partial charge is 0.493 e. The van der Waals surface area contributed by atoms with Gasteiger partial charge in [-0.3, -0.25) is 4.79 Å². The number of para-hydroxylation sites is 2. The molecule has 0 aliphatic rings. The molecule has 2 unspecified atom stereocenters. The first-order chi connectivity index (χ1) is 14.5. The topological polar surface area (TPSA) is 65.0 Å². The van der Waals surface area contributed by atoms with Crippen molar-refractivity contribution in [3.8, 4) is 22.6 Å². The number of rotatable bonds is 8. The van der Waals surface area contributed by atoms with Crippen molar-refractivity contribution in [3.05, 3.63) is 81.9 Å². The molecule has 3 aromatic rings. The molecule has 0 heterocycles. The predicted octanol–water partition coefficient (Wildman–Crippen LogP) is 5.01. The highest BCUT2D eigenvalue weighted by molar-refractivity contribution is 14.1. The van der Waals surface area contributed by atoms with Crippen LogP contribution in [0.2, 0.25) is 0 Å². The molecule has 0 amide bonds. The number of methoxy groups -OCH3 is 1. The zero-order chi connectivity index (χ0) is 21.5. The summed E-state index contributed by atoms with van der Waals surface area (Å²) in [6, 6.07) is 22.8. The van der Waals surface area contributed by atoms with Crippen LogP contribution in [0.3, 0.4) is 0 Å². The minimum atomic E-state index is -1.09. The van der Waals surface area contributed by atoms with Crippen molar-refractivity contribution in [2.45, 2.75) is 19.1 Å². The summed E-state index contributed by atoms with van der Waals surface area (Å²) in [5.41, 5.74) is 2.61. The van der Waals surface area contributed by atoms with Gasteiger partial charge in [-0.25, -0.2) is 0 Å². The Morgan fingerprint density at radius 3 is 2.30 bits per heavy atom. The van der Waals surface area contributed by atoms with Crippen LogP contribution >= 0.6 is 22.6 Å². The molecule has 3 rings (SSSR count). The number of hydrogen-bond acceptors (Lipinski definition) is 5. The van der Waals surface area contributed by atoms with E-state index in [1.54, 1.807) is 19.2 Å². The Labute approximate surface area is 189 Å². The van der Waals surface area contributed by atoms with Crippen molar-refractivity contribution < 1.29 is 24.1 Å². The first-order valence-electron chi connectivity index (χ1n) is 9.46. The number of aliphatic hydroxyl groups excluding tert-OH is 1. The summed E-state index contributed by atoms with van der Waals surface area (Å²) >= 11 is 2.20. The second-order valence-electron chi connectivity index (χ2n) is 6.63. The van der Waals surface area contributed by atoms with Crippen LogP contribution in [0.15, 0.2) is 72.8 Å². The summed E-state index contributed by atoms with van der Waals surface area (Å²) in [4.78, 5) is 11.9. The van der Waals surface area contributed by atoms with Crippen LogP contribution in [-0.4, -0.2) is 30.9 Å². The number of ether oxygens (including phenoxy) is 3. The summed E-state index contributed by atoms with van der Waals surface area (Å²) in [6.07, 6.45) is -1.97. The van der Waals surface area contributed by atoms with Crippen LogP contribution in [0.25, 0.3) is 11.1 Å². The van der Waals surface area contributed by atoms with Crippen LogP contribution in [0.4, 0.5) is 0 Å². The quantitative estimate of drug-likeness (QED) is 0.336. The van der Waals surface area contributed by atoms with Crippen LogP contribution in [0, 0.1) is 3.57 Å². The summed E-state index contributed by atoms with van der Waals surface area (Å²) in [6.45, 7) is 1.26. The van der Waals surface area contributed by atoms with E-state index >= 15 is 0 Å². The molecule has 6 heteroatoms. The van der Waals surface area contributed by atoms with Gasteiger partial charge in [-0.15, -0.1) is 0 Å². The molecule has 1 N–H and O–H groups in total. The van der Waals surface area contributed by atoms with Gasteiger partial charge in [-0.05, 0) is 51.9 Å². The van der Waals surface area contributed by atoms with E-state index in [1.807, 2.05) is 60.7 Å². The van der Waals surface area contributed by atoms with E-state index in [4.69, 9.17) is 14.2 Å². The Balaban J connectivity index is 1.94. The van der Waals surface area contributed by atoms with Gasteiger partial charge in [0.25, 0.3) is 0 Å². The van der Waals surface area contributed by atoms with Crippen molar-refractivity contribution in [2.75, 3.05) is 13.7 Å². The number of carbonyl (C=O) groups is 1. The first kappa shape index (κ1) is 22.1. The lowest BCUT2D eigenvalue weighted by Gasteiger charge is -2.26. The standard InChI is InChI=1S/C24H23IO5/c1-16(26)30-24(20(27)15-29-22-14-7-6-13-21(22)28-2)23-18(11-8-12-19(23)25)17-9-4-3-5-10-17/h3-14,20,24,27H,15H2,1-2H3. The van der Waals surface area contributed by atoms with Gasteiger partial charge in [0.2, 0.25) is 0 Å². The number of aliphatic hydroxyl groups is 1. The molecule has 0 spiro atoms. The van der Waals surface area contributed by atoms with E-state index < -0.39 is 18.2 Å². The molecule has 0 aromatic heterocycles. The third kappa shape index (κ3) is 5.31. The van der Waals surface area contributed by atoms with Gasteiger partial charge < -0.3 is 19.3 Å². The van der Waals surface area contributed by atoms with Crippen molar-refractivity contribution in [2.24, 2.45) is 0 Å². The van der Waals surface area contributed by atoms with E-state index in [1.165, 1.54) is 6.92 Å². The summed E-state index contributed by atoms with van der Waals surface area (Å²) in [7, 11) is 1.55. The lowest BCUT2D eigenvalue weighted by Crippen LogP contribution is -2.30. The highest BCUT2D eigenvalue weighted by Gasteiger charge is 2.30. The van der Waals surface area contributed by atoms with E-state index in [2.05, 4.69) is 22.6 Å². The Morgan fingerprint density at radius 1 is 0.967 bits per heavy atom. The summed E-state index contributed by atoms with van der Waals surface area (Å²) in [5, 5.41) is 11.0. The highest BCUT2D eigenvalue weighted by atomic mass is 127. The number of esters is 1. The van der Waals surface area contributed by atoms with Crippen LogP contribution in [-0.2, 0) is 9.53 Å². The molecule has 0 aliphatic heterocycles. The van der Waals surface area contributed by atoms with Gasteiger partial charge >= 0.3 is 5.97 Å². The minimum absolute atomic E-state index is 0.0719. The number of carbonyl (C=O) groups excluding carboxylic acids is 1. The SMILES string of the molecule is COc1ccccc1OCC(O)C(OC(C)=O)c1c(I)cccc1-c1ccccc1. The third-order valence-corrected chi connectivity index (χ3v) is 5.48. The summed E-state index contributed by atoms with van der Waals surface area (Å²) in [5.74, 6) is 0.592. The van der Waals surface area contributed by atoms with Crippen LogP contribution in [0.1, 0.15) is 18.6 Å². The maximum absolute atomic E-state index is 11.9. The van der Waals surface area contributed by atoms with Crippen molar-refractivity contribution in [1.82, 2.24) is 0 Å². The highest BCUT2D eigenvalue weighted by Crippen LogP contribution is 2.36. The first-order valence-corrected chi connectivity index (χ1v) is 10.5. The lowest BCUT2D eigenvalue weighted by molar-refractivity contribution is -0.154. The van der Waals surface area contributed by atoms with Crippen LogP contribution < -0.4 is 9.47 Å². The fourth-order valence-electron chi connectivity index (χ4n) is 3.20. The third-order valence-electron chi connectivity index (χ3n) is 4.54. The Hall–Kier alpha value is -2.58. The number of halogens is 1. The fourth-order valence-corrected chi connectivity index (χ4v) is 4.01. The Kier molecular flexibility index (Phi) is 7.70. The Bertz CT molecular complexity index is 990. The minimum Gasteiger partial charge on any atom is -0.493 e. The van der Waals surface area contributed by atoms with E-state index in [0.717, 1.165) is 20.3 Å². The molecule has 0 saturated carbocycles. The molecule has 30 heavy (non-hydrogen) atoms. The average molecular weight is 518 g/mol. The molecular weight excluding hydrogens is 495 g/mol. The zero-order valence-electron chi connectivity index (χ0n) is 16.7. The molecule has 0 aliphatic carbocycles. The summed E-state index contributed by atoms with van der Waals surface area (Å²) < 4.78 is 17.5. The van der Waals surface area contributed by atoms with Crippen molar-refractivity contribution >= 4 is 28.6 Å². The van der Waals surface area contributed by atoms with Gasteiger partial charge in [0.15, 0.2) is 17.6 Å². The molecule has 3 aromatic carbocycles. The molecule has 0 radical (unpaired) electrons. The second kappa shape index (κ2) is 10.4. The Morgan fingerprint density at radius 2 is 1.63 bits per heavy atom. The van der Waals surface area contributed by atoms with Gasteiger partial charge in [0, 0.05) is 16.1 Å². The second-order valence-corrected chi connectivity index (χ2v) is 7.79. The van der Waals surface area contributed by atoms with E-state index in [9.17, 15) is 9.90 Å². The van der Waals surface area contributed by atoms with Crippen LogP contribution in [0.5, 0.6) is 11.5 Å². The van der Waals surface area contributed by atoms with E-state index in [-0.39, 0.29) is 6.61 Å². The normalized spacial score (nSPS) is 12.7. The number of benzene rings is 3. The molecule has 5 nitrogen and oxygen atoms in total. The molecular formula is C24H23IO5. The van der Waals surface area contributed by atoms with Gasteiger partial charge in [-0.2, -0.15) is 0 Å². The van der Waals surface area contributed by atoms with Gasteiger partial charge in [-0.1, -0.05) is 54.6 Å². The lowest BCUT2D eigenvalue weighted by atomic mass is 9.94. The molecule has 2 atom stereocenters. The maximum atomic E-state index is 11.9. The molecule has 156 valence electrons. The number of hydrogen-bond donors (Lipinski definition) is 1. The van der Waals surface area contributed by atoms with Crippen molar-refractivity contribution in [3.63, 3.8) is 0 Å². The zero-order valence-corrected chi connectivity index (χ0v) is 18.9. The predicted molar refractivity (Wildman–Crippen MR) is 124 cm³/mol. The van der Waals surface area contributed by atoms with Crippen molar-refractivity contribution in [1.29, 1.82) is 0 Å².